The van der Waals surface area contributed by atoms with E-state index in [1.807, 2.05) is 13.8 Å². The lowest BCUT2D eigenvalue weighted by Crippen LogP contribution is -2.58. The van der Waals surface area contributed by atoms with E-state index in [-0.39, 0.29) is 43.4 Å². The van der Waals surface area contributed by atoms with E-state index < -0.39 is 54.5 Å². The second-order valence-electron chi connectivity index (χ2n) is 9.26. The molecule has 0 aliphatic carbocycles. The van der Waals surface area contributed by atoms with E-state index >= 15 is 0 Å². The van der Waals surface area contributed by atoms with Gasteiger partial charge in [0, 0.05) is 13.0 Å². The first-order chi connectivity index (χ1) is 17.8. The summed E-state index contributed by atoms with van der Waals surface area (Å²) in [5.41, 5.74) is 17.2. The maximum Gasteiger partial charge on any atom is 0.328 e. The molecule has 1 aromatic rings. The number of carbonyl (C=O) groups is 4. The van der Waals surface area contributed by atoms with Gasteiger partial charge in [0.15, 0.2) is 5.96 Å². The minimum atomic E-state index is -1.58. The summed E-state index contributed by atoms with van der Waals surface area (Å²) in [6.45, 7) is 3.08. The van der Waals surface area contributed by atoms with Crippen LogP contribution in [-0.2, 0) is 25.6 Å². The summed E-state index contributed by atoms with van der Waals surface area (Å²) in [5.74, 6) is -3.59. The Morgan fingerprint density at radius 1 is 0.921 bits per heavy atom. The van der Waals surface area contributed by atoms with Crippen LogP contribution in [0.5, 0.6) is 5.75 Å². The highest BCUT2D eigenvalue weighted by Gasteiger charge is 2.30. The average molecular weight is 538 g/mol. The molecule has 0 saturated heterocycles. The van der Waals surface area contributed by atoms with E-state index in [9.17, 15) is 29.4 Å². The number of phenols is 1. The van der Waals surface area contributed by atoms with Crippen molar-refractivity contribution in [1.29, 1.82) is 0 Å². The third-order valence-electron chi connectivity index (χ3n) is 5.45. The number of carboxylic acid groups (broad SMARTS) is 1. The molecule has 0 aliphatic heterocycles. The van der Waals surface area contributed by atoms with Gasteiger partial charge in [-0.05, 0) is 42.9 Å². The van der Waals surface area contributed by atoms with E-state index in [0.29, 0.717) is 12.0 Å². The quantitative estimate of drug-likeness (QED) is 0.0630. The Labute approximate surface area is 221 Å². The number of carboxylic acids is 1. The first kappa shape index (κ1) is 32.1. The molecular formula is C24H39N7O7. The van der Waals surface area contributed by atoms with Gasteiger partial charge in [0.05, 0.1) is 12.6 Å². The van der Waals surface area contributed by atoms with E-state index in [1.165, 1.54) is 12.1 Å². The predicted molar refractivity (Wildman–Crippen MR) is 140 cm³/mol. The van der Waals surface area contributed by atoms with Crippen LogP contribution in [0.25, 0.3) is 0 Å². The largest absolute Gasteiger partial charge is 0.508 e. The van der Waals surface area contributed by atoms with Gasteiger partial charge < -0.3 is 48.5 Å². The van der Waals surface area contributed by atoms with Crippen LogP contribution in [0.2, 0.25) is 0 Å². The zero-order valence-electron chi connectivity index (χ0n) is 21.6. The van der Waals surface area contributed by atoms with Crippen molar-refractivity contribution in [3.63, 3.8) is 0 Å². The number of hydrogen-bond donors (Lipinski definition) is 9. The van der Waals surface area contributed by atoms with Crippen molar-refractivity contribution in [2.45, 2.75) is 63.7 Å². The Morgan fingerprint density at radius 2 is 1.47 bits per heavy atom. The van der Waals surface area contributed by atoms with E-state index in [1.54, 1.807) is 12.1 Å². The molecule has 12 N–H and O–H groups in total. The number of aliphatic imine (C=N–C) groups is 1. The number of nitrogens with two attached hydrogens (primary N) is 3. The lowest BCUT2D eigenvalue weighted by Gasteiger charge is -2.25. The molecule has 38 heavy (non-hydrogen) atoms. The molecule has 14 nitrogen and oxygen atoms in total. The van der Waals surface area contributed by atoms with Crippen LogP contribution in [-0.4, -0.2) is 82.3 Å². The fourth-order valence-corrected chi connectivity index (χ4v) is 3.47. The number of rotatable bonds is 16. The summed E-state index contributed by atoms with van der Waals surface area (Å²) in [4.78, 5) is 53.9. The molecule has 4 unspecified atom stereocenters. The van der Waals surface area contributed by atoms with Gasteiger partial charge in [-0.2, -0.15) is 0 Å². The number of phenolic OH excluding ortho intramolecular Hbond substituents is 1. The number of nitrogens with one attached hydrogen (secondary N) is 3. The number of aliphatic hydroxyl groups excluding tert-OH is 1. The maximum atomic E-state index is 13.3. The van der Waals surface area contributed by atoms with Crippen LogP contribution < -0.4 is 33.2 Å². The first-order valence-corrected chi connectivity index (χ1v) is 12.2. The highest BCUT2D eigenvalue weighted by atomic mass is 16.4. The highest BCUT2D eigenvalue weighted by molar-refractivity contribution is 5.94. The zero-order valence-corrected chi connectivity index (χ0v) is 21.6. The van der Waals surface area contributed by atoms with Gasteiger partial charge in [0.1, 0.15) is 23.9 Å². The molecule has 0 spiro atoms. The molecule has 3 amide bonds. The minimum Gasteiger partial charge on any atom is -0.508 e. The van der Waals surface area contributed by atoms with Gasteiger partial charge in [0.2, 0.25) is 17.7 Å². The van der Waals surface area contributed by atoms with E-state index in [0.717, 1.165) is 0 Å². The standard InChI is InChI=1S/C24H39N7O7/c1-13(2)10-16(25)20(34)30-18(11-14-5-7-15(33)8-6-14)22(36)29-17(4-3-9-28-24(26)27)21(35)31-19(12-32)23(37)38/h5-8,13,16-19,32-33H,3-4,9-12,25H2,1-2H3,(H,29,36)(H,30,34)(H,31,35)(H,37,38)(H4,26,27,28). The van der Waals surface area contributed by atoms with E-state index in [4.69, 9.17) is 22.3 Å². The molecular weight excluding hydrogens is 498 g/mol. The van der Waals surface area contributed by atoms with Crippen LogP contribution in [0.15, 0.2) is 29.3 Å². The highest BCUT2D eigenvalue weighted by Crippen LogP contribution is 2.12. The van der Waals surface area contributed by atoms with Crippen LogP contribution in [0, 0.1) is 5.92 Å². The fourth-order valence-electron chi connectivity index (χ4n) is 3.47. The molecule has 0 bridgehead atoms. The number of carbonyl (C=O) groups excluding carboxylic acids is 3. The topological polar surface area (TPSA) is 255 Å². The molecule has 0 aliphatic rings. The molecule has 0 aromatic heterocycles. The number of guanidine groups is 1. The summed E-state index contributed by atoms with van der Waals surface area (Å²) in [7, 11) is 0. The number of amides is 3. The SMILES string of the molecule is CC(C)CC(N)C(=O)NC(Cc1ccc(O)cc1)C(=O)NC(CCCN=C(N)N)C(=O)NC(CO)C(=O)O. The van der Waals surface area contributed by atoms with Crippen molar-refractivity contribution >= 4 is 29.7 Å². The molecule has 212 valence electrons. The van der Waals surface area contributed by atoms with Gasteiger partial charge in [-0.15, -0.1) is 0 Å². The van der Waals surface area contributed by atoms with Crippen molar-refractivity contribution in [1.82, 2.24) is 16.0 Å². The monoisotopic (exact) mass is 537 g/mol. The molecule has 0 heterocycles. The fraction of sp³-hybridized carbons (Fsp3) is 0.542. The third kappa shape index (κ3) is 11.9. The lowest BCUT2D eigenvalue weighted by molar-refractivity contribution is -0.143. The minimum absolute atomic E-state index is 0.0168. The molecule has 0 radical (unpaired) electrons. The zero-order chi connectivity index (χ0) is 28.8. The maximum absolute atomic E-state index is 13.3. The Morgan fingerprint density at radius 3 is 2.00 bits per heavy atom. The van der Waals surface area contributed by atoms with Crippen LogP contribution in [0.1, 0.15) is 38.7 Å². The summed E-state index contributed by atoms with van der Waals surface area (Å²) in [5, 5.41) is 35.3. The van der Waals surface area contributed by atoms with Crippen LogP contribution in [0.3, 0.4) is 0 Å². The molecule has 0 saturated carbocycles. The Balaban J connectivity index is 3.14. The number of nitrogens with zero attached hydrogens (tertiary/aromatic N) is 1. The average Bonchev–Trinajstić information content (AvgIpc) is 2.84. The van der Waals surface area contributed by atoms with Crippen molar-refractivity contribution < 1.29 is 34.5 Å². The van der Waals surface area contributed by atoms with Crippen LogP contribution >= 0.6 is 0 Å². The van der Waals surface area contributed by atoms with Gasteiger partial charge in [-0.25, -0.2) is 4.79 Å². The smallest absolute Gasteiger partial charge is 0.328 e. The Bertz CT molecular complexity index is 965. The van der Waals surface area contributed by atoms with Gasteiger partial charge in [0.25, 0.3) is 0 Å². The first-order valence-electron chi connectivity index (χ1n) is 12.2. The Hall–Kier alpha value is -3.91. The van der Waals surface area contributed by atoms with Crippen molar-refractivity contribution in [3.05, 3.63) is 29.8 Å². The number of aliphatic hydroxyl groups is 1. The van der Waals surface area contributed by atoms with Gasteiger partial charge >= 0.3 is 5.97 Å². The number of aliphatic carboxylic acids is 1. The van der Waals surface area contributed by atoms with Crippen molar-refractivity contribution in [3.8, 4) is 5.75 Å². The summed E-state index contributed by atoms with van der Waals surface area (Å²) < 4.78 is 0. The summed E-state index contributed by atoms with van der Waals surface area (Å²) in [6, 6.07) is 1.18. The molecule has 4 atom stereocenters. The second kappa shape index (κ2) is 16.0. The van der Waals surface area contributed by atoms with Crippen LogP contribution in [0.4, 0.5) is 0 Å². The summed E-state index contributed by atoms with van der Waals surface area (Å²) in [6.07, 6.45) is 0.677. The molecule has 1 rings (SSSR count). The second-order valence-corrected chi connectivity index (χ2v) is 9.26. The van der Waals surface area contributed by atoms with Gasteiger partial charge in [-0.1, -0.05) is 26.0 Å². The Kier molecular flexibility index (Phi) is 13.6. The van der Waals surface area contributed by atoms with E-state index in [2.05, 4.69) is 20.9 Å². The number of aromatic hydroxyl groups is 1. The van der Waals surface area contributed by atoms with Crippen molar-refractivity contribution in [2.24, 2.45) is 28.1 Å². The number of benzene rings is 1. The lowest BCUT2D eigenvalue weighted by atomic mass is 10.0. The molecule has 14 heteroatoms. The van der Waals surface area contributed by atoms with Crippen molar-refractivity contribution in [2.75, 3.05) is 13.2 Å². The molecule has 1 aromatic carbocycles. The van der Waals surface area contributed by atoms with Gasteiger partial charge in [-0.3, -0.25) is 19.4 Å². The number of hydrogen-bond acceptors (Lipinski definition) is 8. The predicted octanol–water partition coefficient (Wildman–Crippen LogP) is -2.11. The summed E-state index contributed by atoms with van der Waals surface area (Å²) >= 11 is 0. The third-order valence-corrected chi connectivity index (χ3v) is 5.45. The molecule has 0 fully saturated rings. The normalized spacial score (nSPS) is 14.0.